The number of aliphatic hydroxyl groups excluding tert-OH is 1. The summed E-state index contributed by atoms with van der Waals surface area (Å²) in [6.45, 7) is 2.06. The number of carboxylic acid groups (broad SMARTS) is 1. The molecule has 2 rings (SSSR count). The predicted molar refractivity (Wildman–Crippen MR) is 68.6 cm³/mol. The van der Waals surface area contributed by atoms with Gasteiger partial charge in [-0.2, -0.15) is 0 Å². The lowest BCUT2D eigenvalue weighted by Crippen LogP contribution is -2.41. The highest BCUT2D eigenvalue weighted by Crippen LogP contribution is 2.19. The van der Waals surface area contributed by atoms with Gasteiger partial charge in [-0.25, -0.2) is 4.79 Å². The smallest absolute Gasteiger partial charge is 0.326 e. The van der Waals surface area contributed by atoms with Crippen LogP contribution in [0.4, 0.5) is 0 Å². The van der Waals surface area contributed by atoms with Crippen LogP contribution < -0.4 is 0 Å². The highest BCUT2D eigenvalue weighted by atomic mass is 16.4. The molecule has 1 aliphatic rings. The van der Waals surface area contributed by atoms with E-state index in [1.54, 1.807) is 0 Å². The summed E-state index contributed by atoms with van der Waals surface area (Å²) in [6, 6.07) is 6.63. The van der Waals surface area contributed by atoms with Crippen molar-refractivity contribution in [2.45, 2.75) is 31.9 Å². The van der Waals surface area contributed by atoms with Crippen LogP contribution in [0, 0.1) is 6.92 Å². The van der Waals surface area contributed by atoms with E-state index in [9.17, 15) is 14.7 Å². The summed E-state index contributed by atoms with van der Waals surface area (Å²) in [5.41, 5.74) is 1.96. The number of likely N-dealkylation sites (tertiary alicyclic amines) is 1. The van der Waals surface area contributed by atoms with Crippen molar-refractivity contribution >= 4 is 11.9 Å². The first-order valence-electron chi connectivity index (χ1n) is 6.23. The molecule has 1 saturated heterocycles. The van der Waals surface area contributed by atoms with Gasteiger partial charge in [0.05, 0.1) is 12.5 Å². The number of aryl methyl sites for hydroxylation is 1. The molecule has 0 bridgehead atoms. The Morgan fingerprint density at radius 2 is 1.95 bits per heavy atom. The first kappa shape index (κ1) is 13.5. The van der Waals surface area contributed by atoms with Crippen LogP contribution in [0.15, 0.2) is 24.3 Å². The lowest BCUT2D eigenvalue weighted by atomic mass is 10.1. The van der Waals surface area contributed by atoms with Crippen molar-refractivity contribution < 1.29 is 19.8 Å². The van der Waals surface area contributed by atoms with Crippen LogP contribution in [0.3, 0.4) is 0 Å². The molecule has 0 aliphatic carbocycles. The van der Waals surface area contributed by atoms with Gasteiger partial charge in [-0.05, 0) is 12.5 Å². The Bertz CT molecular complexity index is 483. The fraction of sp³-hybridized carbons (Fsp3) is 0.429. The second-order valence-corrected chi connectivity index (χ2v) is 4.95. The number of carboxylic acids is 1. The zero-order valence-electron chi connectivity index (χ0n) is 10.7. The van der Waals surface area contributed by atoms with Gasteiger partial charge in [0, 0.05) is 13.0 Å². The number of β-amino-alcohol motifs (C(OH)–C–C–N with tert-alkyl or cyclic N) is 1. The molecule has 0 radical (unpaired) electrons. The monoisotopic (exact) mass is 263 g/mol. The maximum Gasteiger partial charge on any atom is 0.326 e. The Kier molecular flexibility index (Phi) is 3.85. The summed E-state index contributed by atoms with van der Waals surface area (Å²) < 4.78 is 0. The SMILES string of the molecule is Cc1ccc(CC(=O)N2CC(O)CC2C(=O)O)cc1. The maximum atomic E-state index is 12.1. The standard InChI is InChI=1S/C14H17NO4/c1-9-2-4-10(5-3-9)6-13(17)15-8-11(16)7-12(15)14(18)19/h2-5,11-12,16H,6-8H2,1H3,(H,18,19). The molecule has 19 heavy (non-hydrogen) atoms. The Labute approximate surface area is 111 Å². The van der Waals surface area contributed by atoms with E-state index in [1.165, 1.54) is 4.90 Å². The van der Waals surface area contributed by atoms with E-state index < -0.39 is 18.1 Å². The minimum Gasteiger partial charge on any atom is -0.480 e. The number of aliphatic carboxylic acids is 1. The fourth-order valence-corrected chi connectivity index (χ4v) is 2.31. The number of aliphatic hydroxyl groups is 1. The van der Waals surface area contributed by atoms with Gasteiger partial charge in [-0.3, -0.25) is 4.79 Å². The summed E-state index contributed by atoms with van der Waals surface area (Å²) in [7, 11) is 0. The Hall–Kier alpha value is -1.88. The zero-order valence-corrected chi connectivity index (χ0v) is 10.7. The van der Waals surface area contributed by atoms with Crippen molar-refractivity contribution in [2.24, 2.45) is 0 Å². The lowest BCUT2D eigenvalue weighted by molar-refractivity contribution is -0.148. The Balaban J connectivity index is 2.06. The van der Waals surface area contributed by atoms with Gasteiger partial charge in [0.2, 0.25) is 5.91 Å². The number of hydrogen-bond donors (Lipinski definition) is 2. The van der Waals surface area contributed by atoms with Gasteiger partial charge in [0.1, 0.15) is 6.04 Å². The average Bonchev–Trinajstić information content (AvgIpc) is 2.74. The highest BCUT2D eigenvalue weighted by molar-refractivity contribution is 5.85. The number of carbonyl (C=O) groups excluding carboxylic acids is 1. The summed E-state index contributed by atoms with van der Waals surface area (Å²) in [4.78, 5) is 24.4. The largest absolute Gasteiger partial charge is 0.480 e. The van der Waals surface area contributed by atoms with E-state index >= 15 is 0 Å². The van der Waals surface area contributed by atoms with E-state index in [4.69, 9.17) is 5.11 Å². The van der Waals surface area contributed by atoms with Gasteiger partial charge in [-0.15, -0.1) is 0 Å². The van der Waals surface area contributed by atoms with Crippen LogP contribution in [0.5, 0.6) is 0 Å². The normalized spacial score (nSPS) is 22.5. The molecular formula is C14H17NO4. The van der Waals surface area contributed by atoms with Gasteiger partial charge in [0.15, 0.2) is 0 Å². The van der Waals surface area contributed by atoms with E-state index in [0.717, 1.165) is 11.1 Å². The molecule has 1 heterocycles. The van der Waals surface area contributed by atoms with Crippen molar-refractivity contribution in [1.82, 2.24) is 4.90 Å². The Morgan fingerprint density at radius 1 is 1.32 bits per heavy atom. The number of hydrogen-bond acceptors (Lipinski definition) is 3. The van der Waals surface area contributed by atoms with Crippen molar-refractivity contribution in [3.8, 4) is 0 Å². The maximum absolute atomic E-state index is 12.1. The van der Waals surface area contributed by atoms with E-state index in [2.05, 4.69) is 0 Å². The molecule has 1 aromatic carbocycles. The summed E-state index contributed by atoms with van der Waals surface area (Å²) in [6.07, 6.45) is -0.478. The third-order valence-electron chi connectivity index (χ3n) is 3.36. The summed E-state index contributed by atoms with van der Waals surface area (Å²) in [5.74, 6) is -1.32. The molecule has 0 aromatic heterocycles. The molecule has 1 aliphatic heterocycles. The molecule has 0 saturated carbocycles. The molecule has 2 N–H and O–H groups in total. The van der Waals surface area contributed by atoms with Gasteiger partial charge < -0.3 is 15.1 Å². The van der Waals surface area contributed by atoms with Crippen LogP contribution >= 0.6 is 0 Å². The first-order valence-corrected chi connectivity index (χ1v) is 6.23. The molecule has 1 amide bonds. The minimum atomic E-state index is -1.06. The molecule has 5 heteroatoms. The minimum absolute atomic E-state index is 0.0989. The van der Waals surface area contributed by atoms with Gasteiger partial charge in [-0.1, -0.05) is 29.8 Å². The summed E-state index contributed by atoms with van der Waals surface area (Å²) in [5, 5.41) is 18.6. The van der Waals surface area contributed by atoms with Crippen molar-refractivity contribution in [3.63, 3.8) is 0 Å². The van der Waals surface area contributed by atoms with Crippen LogP contribution in [-0.2, 0) is 16.0 Å². The van der Waals surface area contributed by atoms with Gasteiger partial charge >= 0.3 is 5.97 Å². The molecule has 5 nitrogen and oxygen atoms in total. The van der Waals surface area contributed by atoms with Crippen LogP contribution in [-0.4, -0.2) is 45.7 Å². The fourth-order valence-electron chi connectivity index (χ4n) is 2.31. The number of rotatable bonds is 3. The zero-order chi connectivity index (χ0) is 14.0. The topological polar surface area (TPSA) is 77.8 Å². The Morgan fingerprint density at radius 3 is 2.53 bits per heavy atom. The van der Waals surface area contributed by atoms with Crippen LogP contribution in [0.1, 0.15) is 17.5 Å². The number of nitrogens with zero attached hydrogens (tertiary/aromatic N) is 1. The number of benzene rings is 1. The second-order valence-electron chi connectivity index (χ2n) is 4.95. The van der Waals surface area contributed by atoms with Crippen LogP contribution in [0.2, 0.25) is 0 Å². The van der Waals surface area contributed by atoms with E-state index in [-0.39, 0.29) is 25.3 Å². The number of amides is 1. The van der Waals surface area contributed by atoms with E-state index in [1.807, 2.05) is 31.2 Å². The molecule has 1 aromatic rings. The average molecular weight is 263 g/mol. The molecule has 1 fully saturated rings. The molecule has 102 valence electrons. The molecule has 2 unspecified atom stereocenters. The van der Waals surface area contributed by atoms with E-state index in [0.29, 0.717) is 0 Å². The third kappa shape index (κ3) is 3.12. The summed E-state index contributed by atoms with van der Waals surface area (Å²) >= 11 is 0. The van der Waals surface area contributed by atoms with Crippen molar-refractivity contribution in [2.75, 3.05) is 6.54 Å². The van der Waals surface area contributed by atoms with Gasteiger partial charge in [0.25, 0.3) is 0 Å². The van der Waals surface area contributed by atoms with Crippen LogP contribution in [0.25, 0.3) is 0 Å². The quantitative estimate of drug-likeness (QED) is 0.836. The van der Waals surface area contributed by atoms with Crippen molar-refractivity contribution in [3.05, 3.63) is 35.4 Å². The number of carbonyl (C=O) groups is 2. The predicted octanol–water partition coefficient (Wildman–Crippen LogP) is 0.584. The molecular weight excluding hydrogens is 246 g/mol. The third-order valence-corrected chi connectivity index (χ3v) is 3.36. The second kappa shape index (κ2) is 5.40. The first-order chi connectivity index (χ1) is 8.97. The lowest BCUT2D eigenvalue weighted by Gasteiger charge is -2.21. The highest BCUT2D eigenvalue weighted by Gasteiger charge is 2.38. The van der Waals surface area contributed by atoms with Crippen molar-refractivity contribution in [1.29, 1.82) is 0 Å². The molecule has 2 atom stereocenters. The molecule has 0 spiro atoms.